The molecule has 0 fully saturated rings. The second-order valence-electron chi connectivity index (χ2n) is 7.66. The number of hydrogen-bond acceptors (Lipinski definition) is 7. The van der Waals surface area contributed by atoms with Crippen LogP contribution in [0.5, 0.6) is 11.5 Å². The lowest BCUT2D eigenvalue weighted by atomic mass is 10.1. The molecule has 0 bridgehead atoms. The summed E-state index contributed by atoms with van der Waals surface area (Å²) in [6.45, 7) is 5.66. The molecule has 0 spiro atoms. The van der Waals surface area contributed by atoms with Crippen molar-refractivity contribution in [3.8, 4) is 22.8 Å². The maximum absolute atomic E-state index is 12.5. The van der Waals surface area contributed by atoms with Gasteiger partial charge in [0.2, 0.25) is 11.8 Å². The van der Waals surface area contributed by atoms with Gasteiger partial charge in [0.25, 0.3) is 0 Å². The summed E-state index contributed by atoms with van der Waals surface area (Å²) in [7, 11) is 0. The topological polar surface area (TPSA) is 92.8 Å². The second-order valence-corrected chi connectivity index (χ2v) is 8.52. The molecule has 33 heavy (non-hydrogen) atoms. The largest absolute Gasteiger partial charge is 0.486 e. The van der Waals surface area contributed by atoms with Gasteiger partial charge < -0.3 is 20.1 Å². The number of thiazole rings is 1. The number of amides is 2. The molecule has 1 aromatic heterocycles. The molecule has 1 aliphatic rings. The quantitative estimate of drug-likeness (QED) is 0.525. The summed E-state index contributed by atoms with van der Waals surface area (Å²) in [6, 6.07) is 13.4. The van der Waals surface area contributed by atoms with Crippen LogP contribution in [0.2, 0.25) is 0 Å². The smallest absolute Gasteiger partial charge is 0.240 e. The van der Waals surface area contributed by atoms with Gasteiger partial charge >= 0.3 is 0 Å². The first kappa shape index (κ1) is 22.8. The number of anilines is 2. The number of hydrogen-bond donors (Lipinski definition) is 2. The van der Waals surface area contributed by atoms with E-state index in [4.69, 9.17) is 9.47 Å². The lowest BCUT2D eigenvalue weighted by molar-refractivity contribution is -0.119. The highest BCUT2D eigenvalue weighted by Crippen LogP contribution is 2.32. The van der Waals surface area contributed by atoms with Crippen LogP contribution in [0.15, 0.2) is 47.8 Å². The van der Waals surface area contributed by atoms with Gasteiger partial charge in [-0.05, 0) is 25.6 Å². The highest BCUT2D eigenvalue weighted by Gasteiger charge is 2.17. The lowest BCUT2D eigenvalue weighted by Crippen LogP contribution is -2.38. The van der Waals surface area contributed by atoms with Crippen molar-refractivity contribution >= 4 is 34.0 Å². The van der Waals surface area contributed by atoms with E-state index in [1.165, 1.54) is 16.9 Å². The van der Waals surface area contributed by atoms with E-state index in [1.54, 1.807) is 23.1 Å². The Morgan fingerprint density at radius 2 is 1.70 bits per heavy atom. The van der Waals surface area contributed by atoms with Crippen molar-refractivity contribution in [1.29, 1.82) is 0 Å². The van der Waals surface area contributed by atoms with Crippen LogP contribution >= 0.6 is 11.3 Å². The molecular formula is C24H26N4O4S. The van der Waals surface area contributed by atoms with E-state index >= 15 is 0 Å². The number of aromatic nitrogens is 1. The van der Waals surface area contributed by atoms with E-state index in [2.05, 4.69) is 15.6 Å². The third-order valence-electron chi connectivity index (χ3n) is 5.11. The van der Waals surface area contributed by atoms with Gasteiger partial charge in [-0.3, -0.25) is 14.5 Å². The van der Waals surface area contributed by atoms with Crippen LogP contribution in [0.25, 0.3) is 11.3 Å². The number of benzene rings is 2. The summed E-state index contributed by atoms with van der Waals surface area (Å²) in [5, 5.41) is 8.13. The normalized spacial score (nSPS) is 12.5. The highest BCUT2D eigenvalue weighted by molar-refractivity contribution is 7.14. The average Bonchev–Trinajstić information content (AvgIpc) is 3.27. The molecule has 172 valence electrons. The Labute approximate surface area is 196 Å². The van der Waals surface area contributed by atoms with Crippen molar-refractivity contribution < 1.29 is 19.1 Å². The Morgan fingerprint density at radius 1 is 1.00 bits per heavy atom. The van der Waals surface area contributed by atoms with E-state index < -0.39 is 0 Å². The van der Waals surface area contributed by atoms with Crippen LogP contribution in [0.4, 0.5) is 10.8 Å². The maximum Gasteiger partial charge on any atom is 0.240 e. The highest BCUT2D eigenvalue weighted by atomic mass is 32.1. The minimum Gasteiger partial charge on any atom is -0.486 e. The van der Waals surface area contributed by atoms with Crippen LogP contribution in [-0.2, 0) is 9.59 Å². The molecular weight excluding hydrogens is 440 g/mol. The van der Waals surface area contributed by atoms with Gasteiger partial charge in [-0.15, -0.1) is 11.3 Å². The third-order valence-corrected chi connectivity index (χ3v) is 5.86. The Kier molecular flexibility index (Phi) is 7.21. The van der Waals surface area contributed by atoms with Crippen molar-refractivity contribution in [1.82, 2.24) is 9.88 Å². The van der Waals surface area contributed by atoms with Crippen molar-refractivity contribution in [3.05, 3.63) is 53.4 Å². The van der Waals surface area contributed by atoms with Crippen LogP contribution in [0, 0.1) is 6.92 Å². The van der Waals surface area contributed by atoms with E-state index in [1.807, 2.05) is 43.5 Å². The summed E-state index contributed by atoms with van der Waals surface area (Å²) >= 11 is 1.38. The molecule has 0 saturated carbocycles. The fraction of sp³-hybridized carbons (Fsp3) is 0.292. The number of nitrogens with zero attached hydrogens (tertiary/aromatic N) is 2. The Bertz CT molecular complexity index is 1130. The van der Waals surface area contributed by atoms with Gasteiger partial charge in [-0.2, -0.15) is 0 Å². The van der Waals surface area contributed by atoms with Gasteiger partial charge in [0.05, 0.1) is 18.8 Å². The monoisotopic (exact) mass is 466 g/mol. The summed E-state index contributed by atoms with van der Waals surface area (Å²) in [5.74, 6) is 0.851. The average molecular weight is 467 g/mol. The number of carbonyl (C=O) groups excluding carboxylic acids is 2. The number of aryl methyl sites for hydroxylation is 1. The van der Waals surface area contributed by atoms with Crippen molar-refractivity contribution in [2.24, 2.45) is 0 Å². The van der Waals surface area contributed by atoms with Gasteiger partial charge in [0, 0.05) is 22.7 Å². The zero-order valence-corrected chi connectivity index (χ0v) is 19.4. The van der Waals surface area contributed by atoms with E-state index in [0.29, 0.717) is 42.1 Å². The zero-order valence-electron chi connectivity index (χ0n) is 18.6. The first-order valence-corrected chi connectivity index (χ1v) is 11.6. The number of fused-ring (bicyclic) bond motifs is 1. The summed E-state index contributed by atoms with van der Waals surface area (Å²) in [6.07, 6.45) is 0. The fourth-order valence-electron chi connectivity index (χ4n) is 3.35. The second kappa shape index (κ2) is 10.5. The Morgan fingerprint density at radius 3 is 2.42 bits per heavy atom. The molecule has 0 radical (unpaired) electrons. The van der Waals surface area contributed by atoms with Crippen LogP contribution in [0.1, 0.15) is 12.5 Å². The van der Waals surface area contributed by atoms with E-state index in [-0.39, 0.29) is 24.9 Å². The number of likely N-dealkylation sites (N-methyl/N-ethyl adjacent to an activating group) is 1. The molecule has 2 amide bonds. The van der Waals surface area contributed by atoms with Crippen LogP contribution in [0.3, 0.4) is 0 Å². The minimum atomic E-state index is -0.214. The minimum absolute atomic E-state index is 0.0878. The number of nitrogens with one attached hydrogen (secondary N) is 2. The lowest BCUT2D eigenvalue weighted by Gasteiger charge is -2.20. The molecule has 3 aromatic rings. The first-order valence-electron chi connectivity index (χ1n) is 10.7. The van der Waals surface area contributed by atoms with Crippen LogP contribution in [-0.4, -0.2) is 54.5 Å². The molecule has 8 nitrogen and oxygen atoms in total. The molecule has 2 aromatic carbocycles. The van der Waals surface area contributed by atoms with Gasteiger partial charge in [0.1, 0.15) is 13.2 Å². The van der Waals surface area contributed by atoms with Crippen molar-refractivity contribution in [2.75, 3.05) is 43.5 Å². The van der Waals surface area contributed by atoms with Gasteiger partial charge in [0.15, 0.2) is 16.6 Å². The molecule has 1 aliphatic heterocycles. The van der Waals surface area contributed by atoms with E-state index in [9.17, 15) is 9.59 Å². The Hall–Kier alpha value is -3.43. The van der Waals surface area contributed by atoms with Gasteiger partial charge in [-0.1, -0.05) is 36.8 Å². The molecule has 0 saturated heterocycles. The van der Waals surface area contributed by atoms with Crippen molar-refractivity contribution in [2.45, 2.75) is 13.8 Å². The predicted octanol–water partition coefficient (Wildman–Crippen LogP) is 3.79. The maximum atomic E-state index is 12.5. The standard InChI is InChI=1S/C24H26N4O4S/c1-3-28(13-22(29)25-18-8-9-20-21(12-18)32-11-10-31-20)14-23(30)27-24-26-19(15-33-24)17-6-4-16(2)5-7-17/h4-9,12,15H,3,10-11,13-14H2,1-2H3,(H,25,29)(H,26,27,30). The number of rotatable bonds is 8. The zero-order chi connectivity index (χ0) is 23.2. The molecule has 2 N–H and O–H groups in total. The number of ether oxygens (including phenoxy) is 2. The summed E-state index contributed by atoms with van der Waals surface area (Å²) in [5.41, 5.74) is 3.63. The molecule has 0 aliphatic carbocycles. The first-order chi connectivity index (χ1) is 16.0. The van der Waals surface area contributed by atoms with Crippen LogP contribution < -0.4 is 20.1 Å². The molecule has 0 atom stereocenters. The van der Waals surface area contributed by atoms with E-state index in [0.717, 1.165) is 11.3 Å². The molecule has 9 heteroatoms. The molecule has 0 unspecified atom stereocenters. The molecule has 4 rings (SSSR count). The SMILES string of the molecule is CCN(CC(=O)Nc1ccc2c(c1)OCCO2)CC(=O)Nc1nc(-c2ccc(C)cc2)cs1. The number of carbonyl (C=O) groups is 2. The fourth-order valence-corrected chi connectivity index (χ4v) is 4.09. The van der Waals surface area contributed by atoms with Crippen molar-refractivity contribution in [3.63, 3.8) is 0 Å². The summed E-state index contributed by atoms with van der Waals surface area (Å²) in [4.78, 5) is 31.3. The van der Waals surface area contributed by atoms with Gasteiger partial charge in [-0.25, -0.2) is 4.98 Å². The Balaban J connectivity index is 1.29. The third kappa shape index (κ3) is 6.09. The molecule has 2 heterocycles. The predicted molar refractivity (Wildman–Crippen MR) is 129 cm³/mol. The summed E-state index contributed by atoms with van der Waals surface area (Å²) < 4.78 is 11.0.